The molecule has 0 heterocycles. The first-order valence-electron chi connectivity index (χ1n) is 4.88. The molecule has 0 nitrogen and oxygen atoms in total. The van der Waals surface area contributed by atoms with Gasteiger partial charge in [-0.15, -0.1) is 0 Å². The zero-order valence-electron chi connectivity index (χ0n) is 7.98. The van der Waals surface area contributed by atoms with Crippen LogP contribution < -0.4 is 0 Å². The van der Waals surface area contributed by atoms with E-state index in [0.29, 0.717) is 0 Å². The molecule has 0 saturated carbocycles. The lowest BCUT2D eigenvalue weighted by molar-refractivity contribution is 0.860. The second-order valence-corrected chi connectivity index (χ2v) is 3.87. The second-order valence-electron chi connectivity index (χ2n) is 3.87. The molecule has 12 heavy (non-hydrogen) atoms. The molecule has 0 unspecified atom stereocenters. The summed E-state index contributed by atoms with van der Waals surface area (Å²) in [5, 5.41) is 0. The number of allylic oxidation sites excluding steroid dienone is 6. The van der Waals surface area contributed by atoms with Crippen molar-refractivity contribution >= 4 is 0 Å². The molecule has 0 amide bonds. The van der Waals surface area contributed by atoms with Gasteiger partial charge in [-0.25, -0.2) is 0 Å². The zero-order valence-corrected chi connectivity index (χ0v) is 7.98. The Balaban J connectivity index is 2.24. The fourth-order valence-electron chi connectivity index (χ4n) is 2.12. The SMILES string of the molecule is CCC1=CC2=C(C=C(C)C2)CC1. The zero-order chi connectivity index (χ0) is 8.55. The Kier molecular flexibility index (Phi) is 1.92. The lowest BCUT2D eigenvalue weighted by Gasteiger charge is -2.13. The van der Waals surface area contributed by atoms with Crippen molar-refractivity contribution in [3.05, 3.63) is 34.4 Å². The van der Waals surface area contributed by atoms with Crippen LogP contribution in [0.4, 0.5) is 0 Å². The van der Waals surface area contributed by atoms with Crippen LogP contribution in [0.3, 0.4) is 0 Å². The Labute approximate surface area is 74.7 Å². The first kappa shape index (κ1) is 7.85. The van der Waals surface area contributed by atoms with Crippen molar-refractivity contribution in [3.8, 4) is 0 Å². The smallest absolute Gasteiger partial charge is 0.00639 e. The molecule has 0 aromatic carbocycles. The van der Waals surface area contributed by atoms with E-state index in [9.17, 15) is 0 Å². The van der Waals surface area contributed by atoms with Crippen LogP contribution in [0.25, 0.3) is 0 Å². The molecule has 0 aromatic heterocycles. The summed E-state index contributed by atoms with van der Waals surface area (Å²) in [7, 11) is 0. The van der Waals surface area contributed by atoms with Crippen LogP contribution in [0.5, 0.6) is 0 Å². The van der Waals surface area contributed by atoms with Gasteiger partial charge in [-0.3, -0.25) is 0 Å². The van der Waals surface area contributed by atoms with Crippen molar-refractivity contribution < 1.29 is 0 Å². The maximum absolute atomic E-state index is 2.42. The van der Waals surface area contributed by atoms with Crippen molar-refractivity contribution in [2.45, 2.75) is 39.5 Å². The van der Waals surface area contributed by atoms with E-state index in [1.165, 1.54) is 31.3 Å². The molecule has 0 spiro atoms. The molecule has 0 heteroatoms. The van der Waals surface area contributed by atoms with E-state index >= 15 is 0 Å². The molecular weight excluding hydrogens is 144 g/mol. The van der Waals surface area contributed by atoms with Gasteiger partial charge in [0.2, 0.25) is 0 Å². The van der Waals surface area contributed by atoms with Gasteiger partial charge in [0.25, 0.3) is 0 Å². The molecule has 2 aliphatic rings. The third-order valence-corrected chi connectivity index (χ3v) is 2.85. The van der Waals surface area contributed by atoms with E-state index in [0.717, 1.165) is 0 Å². The number of rotatable bonds is 1. The minimum absolute atomic E-state index is 1.21. The maximum Gasteiger partial charge on any atom is -0.00639 e. The van der Waals surface area contributed by atoms with E-state index in [1.54, 1.807) is 16.7 Å². The van der Waals surface area contributed by atoms with E-state index in [-0.39, 0.29) is 0 Å². The monoisotopic (exact) mass is 160 g/mol. The van der Waals surface area contributed by atoms with E-state index in [1.807, 2.05) is 0 Å². The highest BCUT2D eigenvalue weighted by Crippen LogP contribution is 2.35. The third-order valence-electron chi connectivity index (χ3n) is 2.85. The summed E-state index contributed by atoms with van der Waals surface area (Å²) in [5.41, 5.74) is 6.37. The van der Waals surface area contributed by atoms with Crippen molar-refractivity contribution in [1.29, 1.82) is 0 Å². The van der Waals surface area contributed by atoms with Gasteiger partial charge < -0.3 is 0 Å². The predicted octanol–water partition coefficient (Wildman–Crippen LogP) is 3.76. The first-order valence-corrected chi connectivity index (χ1v) is 4.88. The minimum Gasteiger partial charge on any atom is -0.0699 e. The normalized spacial score (nSPS) is 22.2. The lowest BCUT2D eigenvalue weighted by Crippen LogP contribution is -1.93. The van der Waals surface area contributed by atoms with E-state index in [2.05, 4.69) is 26.0 Å². The highest BCUT2D eigenvalue weighted by Gasteiger charge is 2.15. The van der Waals surface area contributed by atoms with Gasteiger partial charge >= 0.3 is 0 Å². The molecule has 0 fully saturated rings. The summed E-state index contributed by atoms with van der Waals surface area (Å²) in [6, 6.07) is 0. The summed E-state index contributed by atoms with van der Waals surface area (Å²) >= 11 is 0. The first-order chi connectivity index (χ1) is 5.79. The molecule has 64 valence electrons. The van der Waals surface area contributed by atoms with Crippen LogP contribution in [0.15, 0.2) is 34.4 Å². The summed E-state index contributed by atoms with van der Waals surface area (Å²) in [6.07, 6.45) is 9.81. The molecule has 0 radical (unpaired) electrons. The average Bonchev–Trinajstić information content (AvgIpc) is 2.43. The van der Waals surface area contributed by atoms with Gasteiger partial charge in [-0.2, -0.15) is 0 Å². The fourth-order valence-corrected chi connectivity index (χ4v) is 2.12. The topological polar surface area (TPSA) is 0 Å². The van der Waals surface area contributed by atoms with Crippen LogP contribution in [0, 0.1) is 0 Å². The molecular formula is C12H16. The highest BCUT2D eigenvalue weighted by molar-refractivity contribution is 5.47. The molecule has 0 aliphatic heterocycles. The Hall–Kier alpha value is -0.780. The van der Waals surface area contributed by atoms with Crippen molar-refractivity contribution in [2.75, 3.05) is 0 Å². The van der Waals surface area contributed by atoms with Gasteiger partial charge in [-0.1, -0.05) is 30.2 Å². The van der Waals surface area contributed by atoms with Gasteiger partial charge in [0.05, 0.1) is 0 Å². The van der Waals surface area contributed by atoms with Crippen molar-refractivity contribution in [1.82, 2.24) is 0 Å². The molecule has 2 aliphatic carbocycles. The second kappa shape index (κ2) is 2.93. The number of hydrogen-bond acceptors (Lipinski definition) is 0. The molecule has 2 rings (SSSR count). The van der Waals surface area contributed by atoms with Gasteiger partial charge in [0.1, 0.15) is 0 Å². The summed E-state index contributed by atoms with van der Waals surface area (Å²) in [5.74, 6) is 0. The van der Waals surface area contributed by atoms with Crippen LogP contribution in [0.1, 0.15) is 39.5 Å². The van der Waals surface area contributed by atoms with Crippen LogP contribution >= 0.6 is 0 Å². The Morgan fingerprint density at radius 1 is 1.17 bits per heavy atom. The van der Waals surface area contributed by atoms with Crippen LogP contribution in [-0.4, -0.2) is 0 Å². The van der Waals surface area contributed by atoms with E-state index < -0.39 is 0 Å². The molecule has 0 atom stereocenters. The summed E-state index contributed by atoms with van der Waals surface area (Å²) in [6.45, 7) is 4.49. The standard InChI is InChI=1S/C12H16/c1-3-10-4-5-11-6-9(2)7-12(11)8-10/h6,8H,3-5,7H2,1-2H3. The quantitative estimate of drug-likeness (QED) is 0.548. The Bertz CT molecular complexity index is 287. The van der Waals surface area contributed by atoms with Gasteiger partial charge in [0.15, 0.2) is 0 Å². The van der Waals surface area contributed by atoms with Crippen LogP contribution in [0.2, 0.25) is 0 Å². The fraction of sp³-hybridized carbons (Fsp3) is 0.500. The number of hydrogen-bond donors (Lipinski definition) is 0. The van der Waals surface area contributed by atoms with E-state index in [4.69, 9.17) is 0 Å². The molecule has 0 saturated heterocycles. The van der Waals surface area contributed by atoms with Gasteiger partial charge in [0, 0.05) is 0 Å². The largest absolute Gasteiger partial charge is 0.0699 e. The third kappa shape index (κ3) is 1.26. The minimum atomic E-state index is 1.21. The lowest BCUT2D eigenvalue weighted by atomic mass is 9.93. The van der Waals surface area contributed by atoms with Crippen LogP contribution in [-0.2, 0) is 0 Å². The Morgan fingerprint density at radius 2 is 2.00 bits per heavy atom. The Morgan fingerprint density at radius 3 is 2.75 bits per heavy atom. The van der Waals surface area contributed by atoms with Crippen molar-refractivity contribution in [3.63, 3.8) is 0 Å². The average molecular weight is 160 g/mol. The molecule has 0 aromatic rings. The highest BCUT2D eigenvalue weighted by atomic mass is 14.2. The summed E-state index contributed by atoms with van der Waals surface area (Å²) in [4.78, 5) is 0. The molecule has 0 bridgehead atoms. The molecule has 0 N–H and O–H groups in total. The maximum atomic E-state index is 2.42. The summed E-state index contributed by atoms with van der Waals surface area (Å²) < 4.78 is 0. The predicted molar refractivity (Wildman–Crippen MR) is 53.0 cm³/mol. The van der Waals surface area contributed by atoms with Crippen molar-refractivity contribution in [2.24, 2.45) is 0 Å². The van der Waals surface area contributed by atoms with Gasteiger partial charge in [-0.05, 0) is 43.8 Å².